The number of piperidine rings is 1. The first-order valence-corrected chi connectivity index (χ1v) is 12.4. The van der Waals surface area contributed by atoms with Crippen LogP contribution in [0.4, 0.5) is 4.39 Å². The molecule has 1 aliphatic rings. The molecular weight excluding hydrogens is 429 g/mol. The summed E-state index contributed by atoms with van der Waals surface area (Å²) in [6, 6.07) is 7.53. The molecule has 3 aromatic rings. The third-order valence-electron chi connectivity index (χ3n) is 5.70. The largest absolute Gasteiger partial charge is 0.324 e. The standard InChI is InChI=1S/C23H28FN5O2S/c1-22(2)12-17(13-23(3,4)28-22)29-14-26-19(15-6-8-16(24)9-7-15)20(29)21-25-11-10-18(27-21)32(5,30)31/h6-11,14,17,28H,12-13H2,1-5H3. The van der Waals surface area contributed by atoms with E-state index in [1.807, 2.05) is 4.57 Å². The Morgan fingerprint density at radius 1 is 1.03 bits per heavy atom. The third-order valence-corrected chi connectivity index (χ3v) is 6.68. The summed E-state index contributed by atoms with van der Waals surface area (Å²) < 4.78 is 39.9. The van der Waals surface area contributed by atoms with Crippen LogP contribution in [-0.2, 0) is 9.84 Å². The topological polar surface area (TPSA) is 89.8 Å². The lowest BCUT2D eigenvalue weighted by molar-refractivity contribution is 0.133. The molecule has 0 unspecified atom stereocenters. The highest BCUT2D eigenvalue weighted by atomic mass is 32.2. The van der Waals surface area contributed by atoms with Gasteiger partial charge in [-0.15, -0.1) is 0 Å². The van der Waals surface area contributed by atoms with E-state index in [1.165, 1.54) is 24.4 Å². The van der Waals surface area contributed by atoms with Gasteiger partial charge in [0.1, 0.15) is 11.5 Å². The lowest BCUT2D eigenvalue weighted by Crippen LogP contribution is -2.57. The van der Waals surface area contributed by atoms with Gasteiger partial charge < -0.3 is 9.88 Å². The molecule has 0 bridgehead atoms. The molecule has 1 N–H and O–H groups in total. The van der Waals surface area contributed by atoms with E-state index in [0.29, 0.717) is 17.0 Å². The first-order chi connectivity index (χ1) is 14.8. The van der Waals surface area contributed by atoms with E-state index in [0.717, 1.165) is 19.1 Å². The van der Waals surface area contributed by atoms with Gasteiger partial charge in [0, 0.05) is 35.1 Å². The molecule has 2 aromatic heterocycles. The van der Waals surface area contributed by atoms with Gasteiger partial charge in [0.15, 0.2) is 20.7 Å². The molecule has 7 nitrogen and oxygen atoms in total. The Bertz CT molecular complexity index is 1230. The Hall–Kier alpha value is -2.65. The highest BCUT2D eigenvalue weighted by Crippen LogP contribution is 2.40. The zero-order chi connectivity index (χ0) is 23.3. The third kappa shape index (κ3) is 4.59. The fraction of sp³-hybridized carbons (Fsp3) is 0.435. The van der Waals surface area contributed by atoms with Crippen LogP contribution in [0.3, 0.4) is 0 Å². The van der Waals surface area contributed by atoms with E-state index in [4.69, 9.17) is 0 Å². The molecule has 4 rings (SSSR count). The molecule has 9 heteroatoms. The van der Waals surface area contributed by atoms with Gasteiger partial charge >= 0.3 is 0 Å². The van der Waals surface area contributed by atoms with Gasteiger partial charge in [0.05, 0.1) is 12.0 Å². The number of hydrogen-bond donors (Lipinski definition) is 1. The maximum Gasteiger partial charge on any atom is 0.192 e. The molecule has 1 aliphatic heterocycles. The molecule has 0 amide bonds. The summed E-state index contributed by atoms with van der Waals surface area (Å²) in [5, 5.41) is 3.63. The summed E-state index contributed by atoms with van der Waals surface area (Å²) in [6.07, 6.45) is 6.01. The van der Waals surface area contributed by atoms with Crippen LogP contribution in [-0.4, -0.2) is 45.3 Å². The molecule has 1 fully saturated rings. The molecule has 170 valence electrons. The van der Waals surface area contributed by atoms with Crippen molar-refractivity contribution in [2.45, 2.75) is 62.7 Å². The van der Waals surface area contributed by atoms with Gasteiger partial charge in [-0.05, 0) is 70.9 Å². The maximum absolute atomic E-state index is 13.6. The van der Waals surface area contributed by atoms with Crippen LogP contribution in [0.25, 0.3) is 22.8 Å². The molecule has 0 atom stereocenters. The van der Waals surface area contributed by atoms with Crippen molar-refractivity contribution < 1.29 is 12.8 Å². The summed E-state index contributed by atoms with van der Waals surface area (Å²) in [5.41, 5.74) is 1.70. The lowest BCUT2D eigenvalue weighted by atomic mass is 9.79. The minimum absolute atomic E-state index is 0.0497. The van der Waals surface area contributed by atoms with Crippen molar-refractivity contribution in [3.8, 4) is 22.8 Å². The zero-order valence-electron chi connectivity index (χ0n) is 18.9. The first-order valence-electron chi connectivity index (χ1n) is 10.5. The number of aromatic nitrogens is 4. The summed E-state index contributed by atoms with van der Waals surface area (Å²) in [4.78, 5) is 13.4. The van der Waals surface area contributed by atoms with Gasteiger partial charge in [-0.25, -0.2) is 27.8 Å². The van der Waals surface area contributed by atoms with Crippen LogP contribution in [0.1, 0.15) is 46.6 Å². The van der Waals surface area contributed by atoms with Crippen molar-refractivity contribution in [3.05, 3.63) is 48.7 Å². The minimum Gasteiger partial charge on any atom is -0.324 e. The van der Waals surface area contributed by atoms with E-state index in [2.05, 4.69) is 48.0 Å². The normalized spacial score (nSPS) is 18.6. The van der Waals surface area contributed by atoms with Crippen LogP contribution in [0.5, 0.6) is 0 Å². The molecule has 1 aromatic carbocycles. The summed E-state index contributed by atoms with van der Waals surface area (Å²) >= 11 is 0. The number of imidazole rings is 1. The molecule has 32 heavy (non-hydrogen) atoms. The van der Waals surface area contributed by atoms with Crippen LogP contribution < -0.4 is 5.32 Å². The van der Waals surface area contributed by atoms with Crippen LogP contribution in [0.2, 0.25) is 0 Å². The summed E-state index contributed by atoms with van der Waals surface area (Å²) in [6.45, 7) is 8.66. The van der Waals surface area contributed by atoms with Gasteiger partial charge in [-0.2, -0.15) is 0 Å². The Kier molecular flexibility index (Phi) is 5.45. The highest BCUT2D eigenvalue weighted by Gasteiger charge is 2.39. The Balaban J connectivity index is 1.92. The molecule has 0 spiro atoms. The highest BCUT2D eigenvalue weighted by molar-refractivity contribution is 7.90. The van der Waals surface area contributed by atoms with Crippen LogP contribution in [0.15, 0.2) is 47.9 Å². The monoisotopic (exact) mass is 457 g/mol. The molecule has 0 saturated carbocycles. The van der Waals surface area contributed by atoms with Gasteiger partial charge in [0.2, 0.25) is 0 Å². The van der Waals surface area contributed by atoms with Crippen molar-refractivity contribution in [2.24, 2.45) is 0 Å². The van der Waals surface area contributed by atoms with E-state index >= 15 is 0 Å². The van der Waals surface area contributed by atoms with Crippen molar-refractivity contribution in [3.63, 3.8) is 0 Å². The smallest absolute Gasteiger partial charge is 0.192 e. The SMILES string of the molecule is CC1(C)CC(n2cnc(-c3ccc(F)cc3)c2-c2nccc(S(C)(=O)=O)n2)CC(C)(C)N1. The second-order valence-corrected chi connectivity index (χ2v) is 11.8. The number of nitrogens with one attached hydrogen (secondary N) is 1. The zero-order valence-corrected chi connectivity index (χ0v) is 19.7. The van der Waals surface area contributed by atoms with Crippen molar-refractivity contribution in [1.29, 1.82) is 0 Å². The number of rotatable bonds is 4. The fourth-order valence-electron chi connectivity index (χ4n) is 4.81. The first kappa shape index (κ1) is 22.5. The van der Waals surface area contributed by atoms with E-state index < -0.39 is 9.84 Å². The predicted octanol–water partition coefficient (Wildman–Crippen LogP) is 4.03. The number of nitrogens with zero attached hydrogens (tertiary/aromatic N) is 4. The number of hydrogen-bond acceptors (Lipinski definition) is 6. The van der Waals surface area contributed by atoms with E-state index in [9.17, 15) is 12.8 Å². The fourth-order valence-corrected chi connectivity index (χ4v) is 5.37. The quantitative estimate of drug-likeness (QED) is 0.595. The number of halogens is 1. The number of sulfone groups is 1. The number of benzene rings is 1. The molecule has 1 saturated heterocycles. The second-order valence-electron chi connectivity index (χ2n) is 9.80. The average molecular weight is 458 g/mol. The minimum atomic E-state index is -3.51. The van der Waals surface area contributed by atoms with E-state index in [1.54, 1.807) is 18.5 Å². The summed E-state index contributed by atoms with van der Waals surface area (Å²) in [7, 11) is -3.51. The molecule has 3 heterocycles. The summed E-state index contributed by atoms with van der Waals surface area (Å²) in [5.74, 6) is -0.0641. The Morgan fingerprint density at radius 3 is 2.25 bits per heavy atom. The molecule has 0 radical (unpaired) electrons. The van der Waals surface area contributed by atoms with Crippen molar-refractivity contribution in [1.82, 2.24) is 24.8 Å². The average Bonchev–Trinajstić information content (AvgIpc) is 3.11. The lowest BCUT2D eigenvalue weighted by Gasteiger charge is -2.47. The Labute approximate surface area is 188 Å². The van der Waals surface area contributed by atoms with Crippen LogP contribution >= 0.6 is 0 Å². The van der Waals surface area contributed by atoms with E-state index in [-0.39, 0.29) is 33.8 Å². The molecule has 0 aliphatic carbocycles. The van der Waals surface area contributed by atoms with Gasteiger partial charge in [-0.3, -0.25) is 0 Å². The predicted molar refractivity (Wildman–Crippen MR) is 121 cm³/mol. The van der Waals surface area contributed by atoms with Gasteiger partial charge in [-0.1, -0.05) is 0 Å². The maximum atomic E-state index is 13.6. The van der Waals surface area contributed by atoms with Crippen molar-refractivity contribution in [2.75, 3.05) is 6.26 Å². The Morgan fingerprint density at radius 2 is 1.66 bits per heavy atom. The van der Waals surface area contributed by atoms with Crippen LogP contribution in [0, 0.1) is 5.82 Å². The van der Waals surface area contributed by atoms with Gasteiger partial charge in [0.25, 0.3) is 0 Å². The molecular formula is C23H28FN5O2S. The second kappa shape index (κ2) is 7.74. The van der Waals surface area contributed by atoms with Crippen molar-refractivity contribution >= 4 is 9.84 Å².